The van der Waals surface area contributed by atoms with E-state index in [9.17, 15) is 31.1 Å². The maximum atomic E-state index is 12.9. The van der Waals surface area contributed by atoms with E-state index in [-0.39, 0.29) is 18.0 Å². The van der Waals surface area contributed by atoms with Crippen LogP contribution in [0, 0.1) is 5.92 Å². The summed E-state index contributed by atoms with van der Waals surface area (Å²) in [5.41, 5.74) is -1.12. The monoisotopic (exact) mass is 544 g/mol. The van der Waals surface area contributed by atoms with Crippen LogP contribution in [0.15, 0.2) is 42.1 Å². The molecule has 1 unspecified atom stereocenters. The zero-order chi connectivity index (χ0) is 27.3. The van der Waals surface area contributed by atoms with E-state index in [1.807, 2.05) is 4.90 Å². The van der Waals surface area contributed by atoms with Gasteiger partial charge in [0, 0.05) is 43.5 Å². The smallest absolute Gasteiger partial charge is 0.382 e. The molecule has 11 heteroatoms. The Hall–Kier alpha value is -2.56. The number of piperidine rings is 2. The maximum absolute atomic E-state index is 12.9. The van der Waals surface area contributed by atoms with Gasteiger partial charge >= 0.3 is 12.4 Å². The Morgan fingerprint density at radius 2 is 1.71 bits per heavy atom. The molecular weight excluding hydrogens is 510 g/mol. The van der Waals surface area contributed by atoms with Gasteiger partial charge in [0.25, 0.3) is 0 Å². The normalized spacial score (nSPS) is 22.4. The highest BCUT2D eigenvalue weighted by Crippen LogP contribution is 2.32. The van der Waals surface area contributed by atoms with Crippen LogP contribution in [0.3, 0.4) is 0 Å². The van der Waals surface area contributed by atoms with Crippen LogP contribution in [0.25, 0.3) is 0 Å². The lowest BCUT2D eigenvalue weighted by Crippen LogP contribution is -2.42. The van der Waals surface area contributed by atoms with Crippen molar-refractivity contribution in [1.82, 2.24) is 14.8 Å². The summed E-state index contributed by atoms with van der Waals surface area (Å²) in [4.78, 5) is 20.1. The second-order valence-electron chi connectivity index (χ2n) is 10.4. The van der Waals surface area contributed by atoms with Gasteiger partial charge < -0.3 is 10.2 Å². The summed E-state index contributed by atoms with van der Waals surface area (Å²) in [5, 5.41) is 3.14. The number of hydrogen-bond acceptors (Lipinski definition) is 4. The average molecular weight is 545 g/mol. The van der Waals surface area contributed by atoms with E-state index in [4.69, 9.17) is 0 Å². The number of rotatable bonds is 7. The van der Waals surface area contributed by atoms with Gasteiger partial charge in [-0.25, -0.2) is 0 Å². The van der Waals surface area contributed by atoms with Crippen LogP contribution in [0.4, 0.5) is 32.0 Å². The van der Waals surface area contributed by atoms with Crippen LogP contribution >= 0.6 is 0 Å². The number of likely N-dealkylation sites (tertiary alicyclic amines) is 2. The molecule has 4 rings (SSSR count). The van der Waals surface area contributed by atoms with Crippen molar-refractivity contribution in [2.45, 2.75) is 75.8 Å². The molecule has 2 aliphatic heterocycles. The highest BCUT2D eigenvalue weighted by molar-refractivity contribution is 5.76. The first-order valence-corrected chi connectivity index (χ1v) is 13.3. The lowest BCUT2D eigenvalue weighted by atomic mass is 9.89. The van der Waals surface area contributed by atoms with Gasteiger partial charge in [0.1, 0.15) is 5.69 Å². The molecule has 1 amide bonds. The Morgan fingerprint density at radius 3 is 2.32 bits per heavy atom. The zero-order valence-corrected chi connectivity index (χ0v) is 21.2. The second-order valence-corrected chi connectivity index (χ2v) is 10.4. The van der Waals surface area contributed by atoms with Crippen molar-refractivity contribution >= 4 is 11.6 Å². The van der Waals surface area contributed by atoms with Gasteiger partial charge in [0.15, 0.2) is 0 Å². The number of allylic oxidation sites excluding steroid dienone is 2. The molecule has 1 atom stereocenters. The fraction of sp³-hybridized carbons (Fsp3) is 0.630. The van der Waals surface area contributed by atoms with Gasteiger partial charge in [-0.3, -0.25) is 14.7 Å². The minimum Gasteiger partial charge on any atom is -0.382 e. The third kappa shape index (κ3) is 7.74. The SMILES string of the molecule is O=C(CCCC1CCN(C2C=CC(C(F)(F)F)=CC2)CC1)N1CCC(Nc2ccnc(C(F)(F)F)c2)CC1. The molecule has 1 aromatic heterocycles. The molecule has 3 heterocycles. The van der Waals surface area contributed by atoms with Crippen LogP contribution in [0.1, 0.15) is 57.1 Å². The molecule has 1 aromatic rings. The number of carbonyl (C=O) groups excluding carboxylic acids is 1. The molecule has 2 saturated heterocycles. The number of alkyl halides is 6. The summed E-state index contributed by atoms with van der Waals surface area (Å²) in [7, 11) is 0. The van der Waals surface area contributed by atoms with Crippen molar-refractivity contribution in [3.05, 3.63) is 47.8 Å². The van der Waals surface area contributed by atoms with E-state index < -0.39 is 23.6 Å². The Balaban J connectivity index is 1.11. The lowest BCUT2D eigenvalue weighted by Gasteiger charge is -2.37. The molecule has 0 spiro atoms. The topological polar surface area (TPSA) is 48.5 Å². The average Bonchev–Trinajstić information content (AvgIpc) is 2.89. The number of carbonyl (C=O) groups is 1. The third-order valence-corrected chi connectivity index (χ3v) is 7.79. The molecule has 0 bridgehead atoms. The Bertz CT molecular complexity index is 1010. The number of pyridine rings is 1. The first-order valence-electron chi connectivity index (χ1n) is 13.3. The largest absolute Gasteiger partial charge is 0.433 e. The fourth-order valence-electron chi connectivity index (χ4n) is 5.55. The number of nitrogens with one attached hydrogen (secondary N) is 1. The zero-order valence-electron chi connectivity index (χ0n) is 21.2. The first kappa shape index (κ1) is 28.4. The predicted octanol–water partition coefficient (Wildman–Crippen LogP) is 6.20. The van der Waals surface area contributed by atoms with E-state index >= 15 is 0 Å². The minimum atomic E-state index is -4.49. The van der Waals surface area contributed by atoms with Gasteiger partial charge in [-0.05, 0) is 76.1 Å². The molecule has 5 nitrogen and oxygen atoms in total. The van der Waals surface area contributed by atoms with Gasteiger partial charge in [-0.1, -0.05) is 18.2 Å². The van der Waals surface area contributed by atoms with Crippen LogP contribution in [-0.4, -0.2) is 65.1 Å². The van der Waals surface area contributed by atoms with Gasteiger partial charge in [-0.15, -0.1) is 0 Å². The molecule has 2 fully saturated rings. The molecular formula is C27H34F6N4O. The molecule has 3 aliphatic rings. The molecule has 210 valence electrons. The van der Waals surface area contributed by atoms with E-state index in [1.54, 1.807) is 6.08 Å². The number of amides is 1. The number of halogens is 6. The summed E-state index contributed by atoms with van der Waals surface area (Å²) >= 11 is 0. The Kier molecular flexibility index (Phi) is 9.05. The van der Waals surface area contributed by atoms with Crippen LogP contribution < -0.4 is 5.32 Å². The Labute approximate surface area is 219 Å². The Morgan fingerprint density at radius 1 is 1.00 bits per heavy atom. The van der Waals surface area contributed by atoms with Crippen LogP contribution in [-0.2, 0) is 11.0 Å². The summed E-state index contributed by atoms with van der Waals surface area (Å²) < 4.78 is 77.0. The number of nitrogens with zero attached hydrogens (tertiary/aromatic N) is 3. The summed E-state index contributed by atoms with van der Waals surface area (Å²) in [6.07, 6.45) is 2.43. The van der Waals surface area contributed by atoms with Crippen molar-refractivity contribution in [2.75, 3.05) is 31.5 Å². The van der Waals surface area contributed by atoms with E-state index in [2.05, 4.69) is 15.2 Å². The minimum absolute atomic E-state index is 0.00210. The van der Waals surface area contributed by atoms with Gasteiger partial charge in [0.05, 0.1) is 5.57 Å². The molecule has 38 heavy (non-hydrogen) atoms. The maximum Gasteiger partial charge on any atom is 0.433 e. The lowest BCUT2D eigenvalue weighted by molar-refractivity contribution is -0.141. The van der Waals surface area contributed by atoms with Crippen molar-refractivity contribution in [3.63, 3.8) is 0 Å². The van der Waals surface area contributed by atoms with E-state index in [0.717, 1.165) is 51.0 Å². The predicted molar refractivity (Wildman–Crippen MR) is 132 cm³/mol. The fourth-order valence-corrected chi connectivity index (χ4v) is 5.55. The van der Waals surface area contributed by atoms with E-state index in [0.29, 0.717) is 50.4 Å². The van der Waals surface area contributed by atoms with Crippen molar-refractivity contribution in [1.29, 1.82) is 0 Å². The standard InChI is InChI=1S/C27H34F6N4O/c28-26(29,30)20-4-6-23(7-5-20)36-14-9-19(10-15-36)2-1-3-25(38)37-16-11-21(12-17-37)35-22-8-13-34-24(18-22)27(31,32)33/h4-6,8,13,18-19,21,23H,1-3,7,9-12,14-17H2,(H,34,35). The molecule has 0 aromatic carbocycles. The molecule has 0 saturated carbocycles. The molecule has 0 radical (unpaired) electrons. The van der Waals surface area contributed by atoms with Gasteiger partial charge in [0.2, 0.25) is 5.91 Å². The summed E-state index contributed by atoms with van der Waals surface area (Å²) in [6, 6.07) is 2.55. The number of aromatic nitrogens is 1. The van der Waals surface area contributed by atoms with Gasteiger partial charge in [-0.2, -0.15) is 26.3 Å². The number of hydrogen-bond donors (Lipinski definition) is 1. The molecule has 1 aliphatic carbocycles. The van der Waals surface area contributed by atoms with Crippen LogP contribution in [0.2, 0.25) is 0 Å². The summed E-state index contributed by atoms with van der Waals surface area (Å²) in [5.74, 6) is 0.633. The van der Waals surface area contributed by atoms with E-state index in [1.165, 1.54) is 18.2 Å². The highest BCUT2D eigenvalue weighted by Gasteiger charge is 2.35. The van der Waals surface area contributed by atoms with Crippen molar-refractivity contribution < 1.29 is 31.1 Å². The first-order chi connectivity index (χ1) is 18.0. The van der Waals surface area contributed by atoms with Crippen molar-refractivity contribution in [2.24, 2.45) is 5.92 Å². The second kappa shape index (κ2) is 12.1. The van der Waals surface area contributed by atoms with Crippen molar-refractivity contribution in [3.8, 4) is 0 Å². The summed E-state index contributed by atoms with van der Waals surface area (Å²) in [6.45, 7) is 2.85. The highest BCUT2D eigenvalue weighted by atomic mass is 19.4. The quantitative estimate of drug-likeness (QED) is 0.415. The third-order valence-electron chi connectivity index (χ3n) is 7.79. The van der Waals surface area contributed by atoms with Crippen LogP contribution in [0.5, 0.6) is 0 Å². The number of anilines is 1. The molecule has 1 N–H and O–H groups in total.